The molecule has 0 saturated carbocycles. The average Bonchev–Trinajstić information content (AvgIpc) is 3.26. The van der Waals surface area contributed by atoms with Crippen molar-refractivity contribution >= 4 is 50.2 Å². The van der Waals surface area contributed by atoms with Gasteiger partial charge in [-0.25, -0.2) is 4.39 Å². The number of aromatic amines is 1. The molecule has 31 heavy (non-hydrogen) atoms. The van der Waals surface area contributed by atoms with Crippen LogP contribution in [-0.4, -0.2) is 35.8 Å². The van der Waals surface area contributed by atoms with E-state index >= 15 is 0 Å². The van der Waals surface area contributed by atoms with Gasteiger partial charge < -0.3 is 20.5 Å². The Hall–Kier alpha value is -3.20. The highest BCUT2D eigenvalue weighted by Gasteiger charge is 2.38. The summed E-state index contributed by atoms with van der Waals surface area (Å²) in [5.41, 5.74) is 2.99. The van der Waals surface area contributed by atoms with E-state index in [1.165, 1.54) is 12.1 Å². The van der Waals surface area contributed by atoms with Crippen molar-refractivity contribution in [3.05, 3.63) is 64.0 Å². The van der Waals surface area contributed by atoms with Gasteiger partial charge in [0.25, 0.3) is 5.91 Å². The number of nitrogens with one attached hydrogen (secondary N) is 3. The molecule has 2 heterocycles. The molecule has 1 atom stereocenters. The number of carbonyl (C=O) groups excluding carboxylic acids is 3. The number of likely N-dealkylation sites (N-methyl/N-ethyl adjacent to an activating group) is 1. The Labute approximate surface area is 186 Å². The SMILES string of the molecule is CCN1C(=O)C(NC(=O)C(=O)NCCc2c[nH]c3ccc(F)cc23)c2cc(Br)ccc21. The Morgan fingerprint density at radius 2 is 2.00 bits per heavy atom. The van der Waals surface area contributed by atoms with E-state index in [1.54, 1.807) is 29.3 Å². The van der Waals surface area contributed by atoms with Crippen LogP contribution >= 0.6 is 15.9 Å². The average molecular weight is 487 g/mol. The molecule has 3 aromatic rings. The molecule has 0 bridgehead atoms. The number of aromatic nitrogens is 1. The van der Waals surface area contributed by atoms with Gasteiger partial charge in [0.05, 0.1) is 0 Å². The highest BCUT2D eigenvalue weighted by atomic mass is 79.9. The number of benzene rings is 2. The van der Waals surface area contributed by atoms with E-state index in [-0.39, 0.29) is 18.3 Å². The largest absolute Gasteiger partial charge is 0.361 e. The number of amides is 3. The van der Waals surface area contributed by atoms with Gasteiger partial charge in [0.1, 0.15) is 11.9 Å². The number of nitrogens with zero attached hydrogens (tertiary/aromatic N) is 1. The molecule has 3 amide bonds. The summed E-state index contributed by atoms with van der Waals surface area (Å²) < 4.78 is 14.3. The third-order valence-corrected chi connectivity index (χ3v) is 5.80. The lowest BCUT2D eigenvalue weighted by atomic mass is 10.1. The van der Waals surface area contributed by atoms with Crippen LogP contribution in [0.3, 0.4) is 0 Å². The van der Waals surface area contributed by atoms with Crippen LogP contribution in [0.5, 0.6) is 0 Å². The number of halogens is 2. The van der Waals surface area contributed by atoms with Crippen molar-refractivity contribution in [1.82, 2.24) is 15.6 Å². The van der Waals surface area contributed by atoms with Crippen LogP contribution in [0, 0.1) is 5.82 Å². The zero-order valence-electron chi connectivity index (χ0n) is 16.7. The maximum absolute atomic E-state index is 13.5. The highest BCUT2D eigenvalue weighted by molar-refractivity contribution is 9.10. The molecule has 1 aliphatic rings. The lowest BCUT2D eigenvalue weighted by Gasteiger charge is -2.15. The van der Waals surface area contributed by atoms with Crippen molar-refractivity contribution < 1.29 is 18.8 Å². The molecule has 0 radical (unpaired) electrons. The first kappa shape index (κ1) is 21.0. The Morgan fingerprint density at radius 1 is 1.19 bits per heavy atom. The molecule has 1 aliphatic heterocycles. The molecule has 2 aromatic carbocycles. The maximum Gasteiger partial charge on any atom is 0.310 e. The fraction of sp³-hybridized carbons (Fsp3) is 0.227. The number of fused-ring (bicyclic) bond motifs is 2. The molecular weight excluding hydrogens is 467 g/mol. The Balaban J connectivity index is 1.39. The molecule has 0 aliphatic carbocycles. The second-order valence-electron chi connectivity index (χ2n) is 7.20. The zero-order chi connectivity index (χ0) is 22.1. The molecule has 0 fully saturated rings. The fourth-order valence-corrected chi connectivity index (χ4v) is 4.20. The van der Waals surface area contributed by atoms with Crippen LogP contribution in [0.1, 0.15) is 24.1 Å². The highest BCUT2D eigenvalue weighted by Crippen LogP contribution is 2.37. The molecule has 160 valence electrons. The minimum absolute atomic E-state index is 0.192. The quantitative estimate of drug-likeness (QED) is 0.484. The van der Waals surface area contributed by atoms with Gasteiger partial charge >= 0.3 is 11.8 Å². The maximum atomic E-state index is 13.5. The first-order valence-corrected chi connectivity index (χ1v) is 10.6. The minimum Gasteiger partial charge on any atom is -0.361 e. The topological polar surface area (TPSA) is 94.3 Å². The predicted molar refractivity (Wildman–Crippen MR) is 118 cm³/mol. The number of rotatable bonds is 5. The molecular formula is C22H20BrFN4O3. The lowest BCUT2D eigenvalue weighted by Crippen LogP contribution is -2.44. The van der Waals surface area contributed by atoms with Crippen molar-refractivity contribution in [2.45, 2.75) is 19.4 Å². The van der Waals surface area contributed by atoms with Gasteiger partial charge in [0, 0.05) is 45.9 Å². The van der Waals surface area contributed by atoms with Gasteiger partial charge in [-0.05, 0) is 55.3 Å². The summed E-state index contributed by atoms with van der Waals surface area (Å²) in [4.78, 5) is 42.0. The summed E-state index contributed by atoms with van der Waals surface area (Å²) in [6.07, 6.45) is 2.17. The normalized spacial score (nSPS) is 15.3. The van der Waals surface area contributed by atoms with Gasteiger partial charge in [-0.2, -0.15) is 0 Å². The van der Waals surface area contributed by atoms with Crippen LogP contribution in [0.4, 0.5) is 10.1 Å². The monoisotopic (exact) mass is 486 g/mol. The molecule has 0 saturated heterocycles. The Morgan fingerprint density at radius 3 is 2.77 bits per heavy atom. The Kier molecular flexibility index (Phi) is 5.77. The third-order valence-electron chi connectivity index (χ3n) is 5.31. The number of hydrogen-bond donors (Lipinski definition) is 3. The van der Waals surface area contributed by atoms with Crippen molar-refractivity contribution in [2.75, 3.05) is 18.0 Å². The van der Waals surface area contributed by atoms with Crippen molar-refractivity contribution in [3.63, 3.8) is 0 Å². The first-order chi connectivity index (χ1) is 14.9. The summed E-state index contributed by atoms with van der Waals surface area (Å²) in [5.74, 6) is -2.33. The molecule has 0 spiro atoms. The van der Waals surface area contributed by atoms with Crippen LogP contribution in [0.2, 0.25) is 0 Å². The number of hydrogen-bond acceptors (Lipinski definition) is 3. The van der Waals surface area contributed by atoms with Crippen LogP contribution in [0.25, 0.3) is 10.9 Å². The summed E-state index contributed by atoms with van der Waals surface area (Å²) in [6.45, 7) is 2.49. The third kappa shape index (κ3) is 4.05. The van der Waals surface area contributed by atoms with E-state index in [1.807, 2.05) is 13.0 Å². The van der Waals surface area contributed by atoms with E-state index in [4.69, 9.17) is 0 Å². The number of carbonyl (C=O) groups is 3. The van der Waals surface area contributed by atoms with Gasteiger partial charge in [-0.15, -0.1) is 0 Å². The summed E-state index contributed by atoms with van der Waals surface area (Å²) in [5, 5.41) is 5.83. The zero-order valence-corrected chi connectivity index (χ0v) is 18.3. The summed E-state index contributed by atoms with van der Waals surface area (Å²) in [6, 6.07) is 8.92. The molecule has 3 N–H and O–H groups in total. The van der Waals surface area contributed by atoms with Gasteiger partial charge in [0.2, 0.25) is 0 Å². The summed E-state index contributed by atoms with van der Waals surface area (Å²) in [7, 11) is 0. The predicted octanol–water partition coefficient (Wildman–Crippen LogP) is 2.95. The minimum atomic E-state index is -0.915. The van der Waals surface area contributed by atoms with E-state index in [2.05, 4.69) is 31.5 Å². The smallest absolute Gasteiger partial charge is 0.310 e. The molecule has 1 unspecified atom stereocenters. The van der Waals surface area contributed by atoms with E-state index in [0.717, 1.165) is 20.9 Å². The second-order valence-corrected chi connectivity index (χ2v) is 8.12. The van der Waals surface area contributed by atoms with Crippen molar-refractivity contribution in [2.24, 2.45) is 0 Å². The number of anilines is 1. The first-order valence-electron chi connectivity index (χ1n) is 9.84. The van der Waals surface area contributed by atoms with E-state index in [0.29, 0.717) is 24.2 Å². The molecule has 4 rings (SSSR count). The summed E-state index contributed by atoms with van der Waals surface area (Å²) >= 11 is 3.38. The van der Waals surface area contributed by atoms with Crippen LogP contribution in [-0.2, 0) is 20.8 Å². The lowest BCUT2D eigenvalue weighted by molar-refractivity contribution is -0.140. The fourth-order valence-electron chi connectivity index (χ4n) is 3.82. The molecule has 1 aromatic heterocycles. The van der Waals surface area contributed by atoms with Crippen LogP contribution in [0.15, 0.2) is 47.1 Å². The van der Waals surface area contributed by atoms with Gasteiger partial charge in [-0.3, -0.25) is 14.4 Å². The van der Waals surface area contributed by atoms with Crippen molar-refractivity contribution in [3.8, 4) is 0 Å². The van der Waals surface area contributed by atoms with Crippen LogP contribution < -0.4 is 15.5 Å². The van der Waals surface area contributed by atoms with Gasteiger partial charge in [-0.1, -0.05) is 15.9 Å². The Bertz CT molecular complexity index is 1190. The van der Waals surface area contributed by atoms with E-state index in [9.17, 15) is 18.8 Å². The molecule has 9 heteroatoms. The molecule has 7 nitrogen and oxygen atoms in total. The second kappa shape index (κ2) is 8.50. The van der Waals surface area contributed by atoms with Gasteiger partial charge in [0.15, 0.2) is 0 Å². The number of H-pyrrole nitrogens is 1. The standard InChI is InChI=1S/C22H20BrFN4O3/c1-2-28-18-6-3-13(23)9-16(18)19(22(28)31)27-21(30)20(29)25-8-7-12-11-26-17-5-4-14(24)10-15(12)17/h3-6,9-11,19,26H,2,7-8H2,1H3,(H,25,29)(H,27,30). The van der Waals surface area contributed by atoms with E-state index < -0.39 is 17.9 Å². The van der Waals surface area contributed by atoms with Crippen molar-refractivity contribution in [1.29, 1.82) is 0 Å².